The molecule has 0 radical (unpaired) electrons. The van der Waals surface area contributed by atoms with E-state index in [1.807, 2.05) is 18.2 Å². The zero-order valence-corrected chi connectivity index (χ0v) is 12.0. The number of aromatic nitrogens is 3. The van der Waals surface area contributed by atoms with Crippen LogP contribution in [0.25, 0.3) is 4.96 Å². The molecular weight excluding hydrogens is 248 g/mol. The third-order valence-electron chi connectivity index (χ3n) is 2.77. The largest absolute Gasteiger partial charge is 0.351 e. The standard InChI is InChI=1S/C12H18N4OS/c1-5-6-13-11(17)9-8(4)16-10(7(2)3)14-15-12(16)18-9/h7H,5-6H2,1-4H3,(H,13,17). The van der Waals surface area contributed by atoms with Crippen LogP contribution in [-0.2, 0) is 0 Å². The second-order valence-electron chi connectivity index (χ2n) is 4.60. The molecule has 0 saturated carbocycles. The van der Waals surface area contributed by atoms with Gasteiger partial charge in [0.25, 0.3) is 5.91 Å². The molecule has 2 aromatic rings. The second-order valence-corrected chi connectivity index (χ2v) is 5.58. The van der Waals surface area contributed by atoms with E-state index in [0.29, 0.717) is 12.5 Å². The number of hydrogen-bond acceptors (Lipinski definition) is 4. The Balaban J connectivity index is 2.42. The Morgan fingerprint density at radius 2 is 2.17 bits per heavy atom. The van der Waals surface area contributed by atoms with E-state index in [1.165, 1.54) is 11.3 Å². The predicted molar refractivity (Wildman–Crippen MR) is 72.3 cm³/mol. The average molecular weight is 266 g/mol. The number of nitrogens with one attached hydrogen (secondary N) is 1. The van der Waals surface area contributed by atoms with Gasteiger partial charge in [-0.3, -0.25) is 9.20 Å². The van der Waals surface area contributed by atoms with Crippen LogP contribution >= 0.6 is 11.3 Å². The highest BCUT2D eigenvalue weighted by Crippen LogP contribution is 2.25. The maximum Gasteiger partial charge on any atom is 0.263 e. The van der Waals surface area contributed by atoms with E-state index in [9.17, 15) is 4.79 Å². The molecule has 0 unspecified atom stereocenters. The van der Waals surface area contributed by atoms with Crippen molar-refractivity contribution in [3.63, 3.8) is 0 Å². The number of amides is 1. The van der Waals surface area contributed by atoms with Gasteiger partial charge in [-0.15, -0.1) is 10.2 Å². The minimum Gasteiger partial charge on any atom is -0.351 e. The first-order valence-electron chi connectivity index (χ1n) is 6.18. The number of nitrogens with zero attached hydrogens (tertiary/aromatic N) is 3. The fourth-order valence-corrected chi connectivity index (χ4v) is 2.82. The Morgan fingerprint density at radius 3 is 2.78 bits per heavy atom. The van der Waals surface area contributed by atoms with Gasteiger partial charge in [-0.25, -0.2) is 0 Å². The summed E-state index contributed by atoms with van der Waals surface area (Å²) in [5, 5.41) is 11.2. The molecule has 2 heterocycles. The van der Waals surface area contributed by atoms with Crippen LogP contribution in [0.3, 0.4) is 0 Å². The lowest BCUT2D eigenvalue weighted by Gasteiger charge is -2.04. The summed E-state index contributed by atoms with van der Waals surface area (Å²) in [7, 11) is 0. The monoisotopic (exact) mass is 266 g/mol. The van der Waals surface area contributed by atoms with Crippen LogP contribution in [0, 0.1) is 6.92 Å². The van der Waals surface area contributed by atoms with E-state index < -0.39 is 0 Å². The molecule has 18 heavy (non-hydrogen) atoms. The molecule has 98 valence electrons. The Bertz CT molecular complexity index is 570. The fourth-order valence-electron chi connectivity index (χ4n) is 1.83. The number of thiazole rings is 1. The number of hydrogen-bond donors (Lipinski definition) is 1. The molecule has 0 spiro atoms. The van der Waals surface area contributed by atoms with Crippen LogP contribution in [-0.4, -0.2) is 27.0 Å². The van der Waals surface area contributed by atoms with E-state index >= 15 is 0 Å². The minimum atomic E-state index is -0.0143. The SMILES string of the molecule is CCCNC(=O)c1sc2nnc(C(C)C)n2c1C. The van der Waals surface area contributed by atoms with Crippen molar-refractivity contribution < 1.29 is 4.79 Å². The molecule has 1 N–H and O–H groups in total. The summed E-state index contributed by atoms with van der Waals surface area (Å²) >= 11 is 1.40. The average Bonchev–Trinajstić information content (AvgIpc) is 2.87. The first-order chi connectivity index (χ1) is 8.56. The summed E-state index contributed by atoms with van der Waals surface area (Å²) in [6.45, 7) is 8.83. The Hall–Kier alpha value is -1.43. The number of rotatable bonds is 4. The smallest absolute Gasteiger partial charge is 0.263 e. The normalized spacial score (nSPS) is 11.4. The minimum absolute atomic E-state index is 0.0143. The maximum atomic E-state index is 12.0. The van der Waals surface area contributed by atoms with Crippen molar-refractivity contribution in [2.45, 2.75) is 40.0 Å². The molecule has 2 rings (SSSR count). The Labute approximate surface area is 110 Å². The lowest BCUT2D eigenvalue weighted by Crippen LogP contribution is -2.23. The van der Waals surface area contributed by atoms with Gasteiger partial charge in [-0.1, -0.05) is 32.1 Å². The molecule has 0 atom stereocenters. The van der Waals surface area contributed by atoms with E-state index in [-0.39, 0.29) is 5.91 Å². The zero-order valence-electron chi connectivity index (χ0n) is 11.1. The first kappa shape index (κ1) is 13.0. The highest BCUT2D eigenvalue weighted by atomic mass is 32.1. The predicted octanol–water partition coefficient (Wildman–Crippen LogP) is 2.36. The van der Waals surface area contributed by atoms with Gasteiger partial charge >= 0.3 is 0 Å². The van der Waals surface area contributed by atoms with Crippen LogP contribution in [0.1, 0.15) is 54.3 Å². The van der Waals surface area contributed by atoms with Gasteiger partial charge in [0, 0.05) is 18.2 Å². The molecule has 0 aliphatic carbocycles. The van der Waals surface area contributed by atoms with Crippen LogP contribution in [0.5, 0.6) is 0 Å². The van der Waals surface area contributed by atoms with Gasteiger partial charge in [0.2, 0.25) is 4.96 Å². The van der Waals surface area contributed by atoms with Gasteiger partial charge in [0.15, 0.2) is 0 Å². The van der Waals surface area contributed by atoms with Crippen molar-refractivity contribution in [2.24, 2.45) is 0 Å². The Kier molecular flexibility index (Phi) is 3.65. The third-order valence-corrected chi connectivity index (χ3v) is 3.91. The summed E-state index contributed by atoms with van der Waals surface area (Å²) in [4.78, 5) is 13.5. The van der Waals surface area contributed by atoms with Crippen LogP contribution in [0.4, 0.5) is 0 Å². The van der Waals surface area contributed by atoms with Gasteiger partial charge in [0.1, 0.15) is 10.7 Å². The molecule has 0 fully saturated rings. The third kappa shape index (κ3) is 2.12. The summed E-state index contributed by atoms with van der Waals surface area (Å²) in [6.07, 6.45) is 0.937. The topological polar surface area (TPSA) is 59.3 Å². The van der Waals surface area contributed by atoms with Crippen LogP contribution in [0.15, 0.2) is 0 Å². The highest BCUT2D eigenvalue weighted by molar-refractivity contribution is 7.19. The summed E-state index contributed by atoms with van der Waals surface area (Å²) in [5.74, 6) is 1.19. The van der Waals surface area contributed by atoms with Crippen molar-refractivity contribution in [3.8, 4) is 0 Å². The maximum absolute atomic E-state index is 12.0. The van der Waals surface area contributed by atoms with E-state index in [0.717, 1.165) is 27.8 Å². The molecule has 0 saturated heterocycles. The quantitative estimate of drug-likeness (QED) is 0.924. The van der Waals surface area contributed by atoms with Crippen molar-refractivity contribution in [3.05, 3.63) is 16.4 Å². The van der Waals surface area contributed by atoms with Crippen molar-refractivity contribution >= 4 is 22.2 Å². The van der Waals surface area contributed by atoms with Gasteiger partial charge < -0.3 is 5.32 Å². The molecule has 1 amide bonds. The van der Waals surface area contributed by atoms with Crippen LogP contribution in [0.2, 0.25) is 0 Å². The van der Waals surface area contributed by atoms with E-state index in [2.05, 4.69) is 29.4 Å². The van der Waals surface area contributed by atoms with Gasteiger partial charge in [-0.2, -0.15) is 0 Å². The van der Waals surface area contributed by atoms with Crippen molar-refractivity contribution in [2.75, 3.05) is 6.54 Å². The molecule has 5 nitrogen and oxygen atoms in total. The second kappa shape index (κ2) is 5.06. The number of carbonyl (C=O) groups is 1. The lowest BCUT2D eigenvalue weighted by atomic mass is 10.2. The van der Waals surface area contributed by atoms with Crippen LogP contribution < -0.4 is 5.32 Å². The lowest BCUT2D eigenvalue weighted by molar-refractivity contribution is 0.0957. The van der Waals surface area contributed by atoms with E-state index in [1.54, 1.807) is 0 Å². The molecule has 0 bridgehead atoms. The van der Waals surface area contributed by atoms with Crippen molar-refractivity contribution in [1.29, 1.82) is 0 Å². The zero-order chi connectivity index (χ0) is 13.3. The molecule has 6 heteroatoms. The fraction of sp³-hybridized carbons (Fsp3) is 0.583. The van der Waals surface area contributed by atoms with Crippen molar-refractivity contribution in [1.82, 2.24) is 19.9 Å². The van der Waals surface area contributed by atoms with Gasteiger partial charge in [-0.05, 0) is 13.3 Å². The molecule has 0 aliphatic rings. The summed E-state index contributed by atoms with van der Waals surface area (Å²) < 4.78 is 1.98. The number of aryl methyl sites for hydroxylation is 1. The highest BCUT2D eigenvalue weighted by Gasteiger charge is 2.20. The number of fused-ring (bicyclic) bond motifs is 1. The summed E-state index contributed by atoms with van der Waals surface area (Å²) in [5.41, 5.74) is 0.928. The van der Waals surface area contributed by atoms with E-state index in [4.69, 9.17) is 0 Å². The first-order valence-corrected chi connectivity index (χ1v) is 7.00. The number of carbonyl (C=O) groups excluding carboxylic acids is 1. The summed E-state index contributed by atoms with van der Waals surface area (Å²) in [6, 6.07) is 0. The molecular formula is C12H18N4OS. The Morgan fingerprint density at radius 1 is 1.44 bits per heavy atom. The van der Waals surface area contributed by atoms with Gasteiger partial charge in [0.05, 0.1) is 0 Å². The molecule has 2 aromatic heterocycles. The molecule has 0 aliphatic heterocycles. The molecule has 0 aromatic carbocycles.